The molecule has 0 aliphatic rings. The molecule has 7 heteroatoms. The highest BCUT2D eigenvalue weighted by Gasteiger charge is 2.13. The molecule has 0 saturated carbocycles. The minimum absolute atomic E-state index is 0.481. The molecule has 2 rings (SSSR count). The lowest BCUT2D eigenvalue weighted by atomic mass is 10.2. The van der Waals surface area contributed by atoms with Crippen molar-refractivity contribution >= 4 is 21.7 Å². The molecule has 0 saturated heterocycles. The summed E-state index contributed by atoms with van der Waals surface area (Å²) < 4.78 is 26.0. The number of nitrogens with zero attached hydrogens (tertiary/aromatic N) is 3. The van der Waals surface area contributed by atoms with Crippen molar-refractivity contribution in [2.75, 3.05) is 0 Å². The zero-order valence-electron chi connectivity index (χ0n) is 8.77. The molecule has 1 aromatic carbocycles. The number of aromatic nitrogens is 3. The molecular weight excluding hydrogens is 268 g/mol. The lowest BCUT2D eigenvalue weighted by Crippen LogP contribution is -1.97. The van der Waals surface area contributed by atoms with E-state index in [0.29, 0.717) is 5.69 Å². The van der Waals surface area contributed by atoms with E-state index in [1.54, 1.807) is 12.1 Å². The lowest BCUT2D eigenvalue weighted by molar-refractivity contribution is 0.140. The molecule has 0 N–H and O–H groups in total. The summed E-state index contributed by atoms with van der Waals surface area (Å²) in [4.78, 5) is 4.39. The van der Waals surface area contributed by atoms with Crippen molar-refractivity contribution in [3.63, 3.8) is 0 Å². The Bertz CT molecular complexity index is 530. The third kappa shape index (κ3) is 2.58. The number of benzene rings is 1. The smallest absolute Gasteiger partial charge is 0.221 e. The molecule has 0 unspecified atom stereocenters. The van der Waals surface area contributed by atoms with Gasteiger partial charge in [-0.1, -0.05) is 6.07 Å². The largest absolute Gasteiger partial charge is 0.299 e. The van der Waals surface area contributed by atoms with Crippen LogP contribution in [-0.4, -0.2) is 14.8 Å². The Hall–Kier alpha value is -1.14. The number of halogens is 3. The van der Waals surface area contributed by atoms with Crippen LogP contribution in [0.3, 0.4) is 0 Å². The van der Waals surface area contributed by atoms with Crippen LogP contribution in [0.1, 0.15) is 17.8 Å². The molecule has 0 aliphatic carbocycles. The third-order valence-corrected chi connectivity index (χ3v) is 3.33. The topological polar surface area (TPSA) is 30.7 Å². The molecule has 0 spiro atoms. The van der Waals surface area contributed by atoms with E-state index in [1.165, 1.54) is 11.0 Å². The van der Waals surface area contributed by atoms with Crippen LogP contribution >= 0.6 is 21.7 Å². The first kappa shape index (κ1) is 12.3. The van der Waals surface area contributed by atoms with Crippen LogP contribution in [-0.2, 0) is 0 Å². The Morgan fingerprint density at radius 2 is 2.18 bits per heavy atom. The number of hydrogen-bond donors (Lipinski definition) is 0. The molecule has 1 heterocycles. The second-order valence-corrected chi connectivity index (χ2v) is 4.43. The second kappa shape index (κ2) is 5.01. The van der Waals surface area contributed by atoms with Gasteiger partial charge in [0, 0.05) is 4.90 Å². The highest BCUT2D eigenvalue weighted by atomic mass is 35.7. The van der Waals surface area contributed by atoms with Crippen molar-refractivity contribution in [2.24, 2.45) is 0 Å². The maximum absolute atomic E-state index is 12.3. The summed E-state index contributed by atoms with van der Waals surface area (Å²) in [7, 11) is 6.78. The third-order valence-electron chi connectivity index (χ3n) is 2.22. The van der Waals surface area contributed by atoms with Gasteiger partial charge in [0.2, 0.25) is 5.82 Å². The average Bonchev–Trinajstić information content (AvgIpc) is 2.79. The summed E-state index contributed by atoms with van der Waals surface area (Å²) in [6.45, 7) is 1.92. The number of rotatable bonds is 3. The number of hydrogen-bond acceptors (Lipinski definition) is 3. The Labute approximate surface area is 105 Å². The molecule has 90 valence electrons. The van der Waals surface area contributed by atoms with Gasteiger partial charge in [-0.3, -0.25) is 0 Å². The van der Waals surface area contributed by atoms with E-state index in [4.69, 9.17) is 10.7 Å². The van der Waals surface area contributed by atoms with Crippen LogP contribution in [0, 0.1) is 6.92 Å². The highest BCUT2D eigenvalue weighted by molar-refractivity contribution is 8.21. The van der Waals surface area contributed by atoms with Gasteiger partial charge in [0.25, 0.3) is 6.43 Å². The molecule has 3 nitrogen and oxygen atoms in total. The summed E-state index contributed by atoms with van der Waals surface area (Å²) in [5.41, 5.74) is 1.67. The Kier molecular flexibility index (Phi) is 3.63. The van der Waals surface area contributed by atoms with Gasteiger partial charge < -0.3 is 0 Å². The standard InChI is InChI=1S/C10H8ClF2N3S/c1-6-2-3-7(4-8(6)17-11)16-5-14-10(15-16)9(12)13/h2-5,9H,1H3. The highest BCUT2D eigenvalue weighted by Crippen LogP contribution is 2.27. The predicted molar refractivity (Wildman–Crippen MR) is 62.8 cm³/mol. The summed E-state index contributed by atoms with van der Waals surface area (Å²) in [5.74, 6) is -0.481. The molecule has 0 amide bonds. The fourth-order valence-electron chi connectivity index (χ4n) is 1.31. The van der Waals surface area contributed by atoms with E-state index in [9.17, 15) is 8.78 Å². The molecule has 0 atom stereocenters. The summed E-state index contributed by atoms with van der Waals surface area (Å²) in [5, 5.41) is 3.69. The van der Waals surface area contributed by atoms with Crippen LogP contribution in [0.2, 0.25) is 0 Å². The first-order chi connectivity index (χ1) is 8.11. The second-order valence-electron chi connectivity index (χ2n) is 3.37. The van der Waals surface area contributed by atoms with Crippen molar-refractivity contribution in [2.45, 2.75) is 18.2 Å². The van der Waals surface area contributed by atoms with E-state index in [1.807, 2.05) is 13.0 Å². The van der Waals surface area contributed by atoms with Gasteiger partial charge in [-0.2, -0.15) is 0 Å². The predicted octanol–water partition coefficient (Wildman–Crippen LogP) is 3.76. The first-order valence-electron chi connectivity index (χ1n) is 4.71. The lowest BCUT2D eigenvalue weighted by Gasteiger charge is -2.04. The van der Waals surface area contributed by atoms with Crippen LogP contribution in [0.15, 0.2) is 29.4 Å². The monoisotopic (exact) mass is 275 g/mol. The maximum Gasteiger partial charge on any atom is 0.299 e. The van der Waals surface area contributed by atoms with E-state index in [2.05, 4.69) is 10.1 Å². The molecule has 0 bridgehead atoms. The van der Waals surface area contributed by atoms with Crippen molar-refractivity contribution in [1.82, 2.24) is 14.8 Å². The SMILES string of the molecule is Cc1ccc(-n2cnc(C(F)F)n2)cc1SCl. The van der Waals surface area contributed by atoms with Gasteiger partial charge in [-0.25, -0.2) is 18.4 Å². The zero-order chi connectivity index (χ0) is 12.4. The summed E-state index contributed by atoms with van der Waals surface area (Å²) >= 11 is 0. The van der Waals surface area contributed by atoms with Crippen molar-refractivity contribution in [3.05, 3.63) is 35.9 Å². The summed E-state index contributed by atoms with van der Waals surface area (Å²) in [6.07, 6.45) is -1.40. The molecule has 0 aliphatic heterocycles. The van der Waals surface area contributed by atoms with Gasteiger partial charge in [0.05, 0.1) is 5.69 Å². The van der Waals surface area contributed by atoms with Gasteiger partial charge in [-0.05, 0) is 46.3 Å². The van der Waals surface area contributed by atoms with E-state index >= 15 is 0 Å². The summed E-state index contributed by atoms with van der Waals surface area (Å²) in [6, 6.07) is 5.40. The molecular formula is C10H8ClF2N3S. The van der Waals surface area contributed by atoms with Crippen LogP contribution < -0.4 is 0 Å². The van der Waals surface area contributed by atoms with E-state index in [-0.39, 0.29) is 0 Å². The van der Waals surface area contributed by atoms with E-state index in [0.717, 1.165) is 21.4 Å². The minimum Gasteiger partial charge on any atom is -0.221 e. The fourth-order valence-corrected chi connectivity index (χ4v) is 2.17. The maximum atomic E-state index is 12.3. The molecule has 0 fully saturated rings. The number of alkyl halides is 2. The Balaban J connectivity index is 2.38. The Morgan fingerprint density at radius 3 is 2.76 bits per heavy atom. The molecule has 0 radical (unpaired) electrons. The Morgan fingerprint density at radius 1 is 1.41 bits per heavy atom. The normalized spacial score (nSPS) is 11.1. The molecule has 1 aromatic heterocycles. The van der Waals surface area contributed by atoms with Gasteiger partial charge >= 0.3 is 0 Å². The van der Waals surface area contributed by atoms with Crippen molar-refractivity contribution in [1.29, 1.82) is 0 Å². The van der Waals surface area contributed by atoms with Gasteiger partial charge in [0.15, 0.2) is 0 Å². The molecule has 17 heavy (non-hydrogen) atoms. The number of aryl methyl sites for hydroxylation is 1. The van der Waals surface area contributed by atoms with Crippen LogP contribution in [0.25, 0.3) is 5.69 Å². The van der Waals surface area contributed by atoms with Crippen molar-refractivity contribution < 1.29 is 8.78 Å². The fraction of sp³-hybridized carbons (Fsp3) is 0.200. The minimum atomic E-state index is -2.66. The molecule has 2 aromatic rings. The van der Waals surface area contributed by atoms with Crippen LogP contribution in [0.4, 0.5) is 8.78 Å². The zero-order valence-corrected chi connectivity index (χ0v) is 10.3. The average molecular weight is 276 g/mol. The van der Waals surface area contributed by atoms with Gasteiger partial charge in [-0.15, -0.1) is 5.10 Å². The van der Waals surface area contributed by atoms with Crippen LogP contribution in [0.5, 0.6) is 0 Å². The van der Waals surface area contributed by atoms with Crippen molar-refractivity contribution in [3.8, 4) is 5.69 Å². The quantitative estimate of drug-likeness (QED) is 0.854. The van der Waals surface area contributed by atoms with Gasteiger partial charge in [0.1, 0.15) is 6.33 Å². The van der Waals surface area contributed by atoms with E-state index < -0.39 is 12.2 Å². The first-order valence-corrected chi connectivity index (χ1v) is 6.35.